The minimum Gasteiger partial charge on any atom is -0.393 e. The summed E-state index contributed by atoms with van der Waals surface area (Å²) in [5.74, 6) is 2.91. The Hall–Kier alpha value is -0.260. The number of nitrogens with zero attached hydrogens (tertiary/aromatic N) is 2. The second-order valence-corrected chi connectivity index (χ2v) is 12.1. The van der Waals surface area contributed by atoms with Gasteiger partial charge in [-0.05, 0) is 80.5 Å². The Kier molecular flexibility index (Phi) is 3.55. The monoisotopic (exact) mass is 390 g/mol. The number of rotatable bonds is 0. The first kappa shape index (κ1) is 17.6. The first-order chi connectivity index (χ1) is 12.9. The Bertz CT molecular complexity index is 700. The SMILES string of the molecule is C[C@]12CC[C@H](O)C[C@H]1CC[C@@H]1[C@@H]2CC[C@@]2(C)[C@H]1C[C@H]1SC3=NCCN3[C@]12O. The van der Waals surface area contributed by atoms with Crippen LogP contribution in [0.4, 0.5) is 0 Å². The molecule has 4 nitrogen and oxygen atoms in total. The van der Waals surface area contributed by atoms with Crippen molar-refractivity contribution >= 4 is 16.9 Å². The van der Waals surface area contributed by atoms with Crippen molar-refractivity contribution in [3.05, 3.63) is 0 Å². The first-order valence-corrected chi connectivity index (χ1v) is 12.1. The quantitative estimate of drug-likeness (QED) is 0.665. The van der Waals surface area contributed by atoms with Gasteiger partial charge in [0, 0.05) is 12.0 Å². The van der Waals surface area contributed by atoms with Crippen LogP contribution in [-0.4, -0.2) is 50.4 Å². The van der Waals surface area contributed by atoms with E-state index in [0.717, 1.165) is 55.8 Å². The Morgan fingerprint density at radius 2 is 1.93 bits per heavy atom. The molecule has 0 aromatic heterocycles. The molecule has 150 valence electrons. The van der Waals surface area contributed by atoms with Gasteiger partial charge in [0.05, 0.1) is 17.9 Å². The van der Waals surface area contributed by atoms with Crippen molar-refractivity contribution in [2.45, 2.75) is 82.3 Å². The number of fused-ring (bicyclic) bond motifs is 9. The van der Waals surface area contributed by atoms with Crippen LogP contribution in [0.5, 0.6) is 0 Å². The molecule has 4 saturated carbocycles. The molecule has 6 aliphatic rings. The second kappa shape index (κ2) is 5.46. The number of aliphatic hydroxyl groups is 2. The van der Waals surface area contributed by atoms with Crippen LogP contribution in [0.1, 0.15) is 65.2 Å². The standard InChI is InChI=1S/C22H34N2O2S/c1-20-7-5-14(25)11-13(20)3-4-15-16(20)6-8-21(2)17(15)12-18-22(21,26)24-10-9-23-19(24)27-18/h13-18,25-26H,3-12H2,1-2H3/t13-,14+,15-,16+,17+,18-,20+,21+,22+/m1/s1. The fourth-order valence-corrected chi connectivity index (χ4v) is 10.4. The molecule has 5 heteroatoms. The van der Waals surface area contributed by atoms with Crippen LogP contribution >= 0.6 is 11.8 Å². The van der Waals surface area contributed by atoms with E-state index in [1.54, 1.807) is 0 Å². The minimum atomic E-state index is -0.677. The van der Waals surface area contributed by atoms with Gasteiger partial charge in [-0.1, -0.05) is 25.6 Å². The third-order valence-electron chi connectivity index (χ3n) is 10.2. The van der Waals surface area contributed by atoms with E-state index >= 15 is 0 Å². The van der Waals surface area contributed by atoms with E-state index < -0.39 is 5.72 Å². The summed E-state index contributed by atoms with van der Waals surface area (Å²) < 4.78 is 0. The smallest absolute Gasteiger partial charge is 0.162 e. The predicted octanol–water partition coefficient (Wildman–Crippen LogP) is 3.48. The summed E-state index contributed by atoms with van der Waals surface area (Å²) in [6.45, 7) is 6.72. The first-order valence-electron chi connectivity index (χ1n) is 11.3. The van der Waals surface area contributed by atoms with Crippen LogP contribution in [0.15, 0.2) is 4.99 Å². The van der Waals surface area contributed by atoms with E-state index in [2.05, 4.69) is 23.7 Å². The van der Waals surface area contributed by atoms with E-state index in [4.69, 9.17) is 0 Å². The van der Waals surface area contributed by atoms with E-state index in [1.807, 2.05) is 11.8 Å². The van der Waals surface area contributed by atoms with Gasteiger partial charge < -0.3 is 15.1 Å². The summed E-state index contributed by atoms with van der Waals surface area (Å²) in [6.07, 6.45) is 9.34. The maximum Gasteiger partial charge on any atom is 0.162 e. The molecule has 0 spiro atoms. The van der Waals surface area contributed by atoms with Gasteiger partial charge in [0.2, 0.25) is 0 Å². The Morgan fingerprint density at radius 3 is 2.78 bits per heavy atom. The maximum absolute atomic E-state index is 12.1. The van der Waals surface area contributed by atoms with E-state index in [-0.39, 0.29) is 11.5 Å². The van der Waals surface area contributed by atoms with Crippen molar-refractivity contribution in [1.29, 1.82) is 0 Å². The molecule has 4 aliphatic carbocycles. The van der Waals surface area contributed by atoms with Crippen LogP contribution in [0.2, 0.25) is 0 Å². The highest BCUT2D eigenvalue weighted by atomic mass is 32.2. The Balaban J connectivity index is 1.35. The molecule has 0 aromatic rings. The molecule has 2 N–H and O–H groups in total. The predicted molar refractivity (Wildman–Crippen MR) is 108 cm³/mol. The highest BCUT2D eigenvalue weighted by Crippen LogP contribution is 2.71. The van der Waals surface area contributed by atoms with Crippen LogP contribution in [0.25, 0.3) is 0 Å². The van der Waals surface area contributed by atoms with Gasteiger partial charge in [-0.25, -0.2) is 0 Å². The van der Waals surface area contributed by atoms with Gasteiger partial charge in [-0.15, -0.1) is 0 Å². The van der Waals surface area contributed by atoms with Gasteiger partial charge in [-0.3, -0.25) is 4.99 Å². The van der Waals surface area contributed by atoms with Crippen LogP contribution < -0.4 is 0 Å². The summed E-state index contributed by atoms with van der Waals surface area (Å²) >= 11 is 1.87. The molecule has 9 atom stereocenters. The van der Waals surface area contributed by atoms with Gasteiger partial charge in [-0.2, -0.15) is 0 Å². The molecule has 6 rings (SSSR count). The molecule has 0 radical (unpaired) electrons. The van der Waals surface area contributed by atoms with Gasteiger partial charge in [0.25, 0.3) is 0 Å². The van der Waals surface area contributed by atoms with E-state index in [0.29, 0.717) is 22.5 Å². The molecule has 27 heavy (non-hydrogen) atoms. The second-order valence-electron chi connectivity index (χ2n) is 10.9. The van der Waals surface area contributed by atoms with E-state index in [9.17, 15) is 10.2 Å². The zero-order valence-corrected chi connectivity index (χ0v) is 17.5. The molecule has 0 amide bonds. The molecule has 2 heterocycles. The molecule has 1 saturated heterocycles. The molecule has 0 unspecified atom stereocenters. The topological polar surface area (TPSA) is 56.1 Å². The lowest BCUT2D eigenvalue weighted by Gasteiger charge is -2.62. The molecular formula is C22H34N2O2S. The number of aliphatic hydroxyl groups excluding tert-OH is 1. The molecular weight excluding hydrogens is 356 g/mol. The maximum atomic E-state index is 12.1. The summed E-state index contributed by atoms with van der Waals surface area (Å²) in [7, 11) is 0. The Morgan fingerprint density at radius 1 is 1.07 bits per heavy atom. The minimum absolute atomic E-state index is 0.00478. The van der Waals surface area contributed by atoms with E-state index in [1.165, 1.54) is 25.7 Å². The summed E-state index contributed by atoms with van der Waals surface area (Å²) in [6, 6.07) is 0. The zero-order valence-electron chi connectivity index (χ0n) is 16.7. The normalized spacial score (nSPS) is 58.8. The van der Waals surface area contributed by atoms with Crippen LogP contribution in [0, 0.1) is 34.5 Å². The number of hydrogen-bond donors (Lipinski definition) is 2. The lowest BCUT2D eigenvalue weighted by atomic mass is 9.44. The fourth-order valence-electron chi connectivity index (χ4n) is 8.79. The number of amidine groups is 1. The lowest BCUT2D eigenvalue weighted by molar-refractivity contribution is -0.191. The van der Waals surface area contributed by atoms with Crippen LogP contribution in [-0.2, 0) is 0 Å². The summed E-state index contributed by atoms with van der Waals surface area (Å²) in [5, 5.41) is 23.7. The van der Waals surface area contributed by atoms with Crippen molar-refractivity contribution in [1.82, 2.24) is 4.90 Å². The molecule has 0 aromatic carbocycles. The molecule has 5 fully saturated rings. The van der Waals surface area contributed by atoms with Gasteiger partial charge >= 0.3 is 0 Å². The van der Waals surface area contributed by atoms with Crippen molar-refractivity contribution in [3.8, 4) is 0 Å². The lowest BCUT2D eigenvalue weighted by Crippen LogP contribution is -2.62. The van der Waals surface area contributed by atoms with Crippen molar-refractivity contribution in [3.63, 3.8) is 0 Å². The average Bonchev–Trinajstić information content (AvgIpc) is 3.26. The fraction of sp³-hybridized carbons (Fsp3) is 0.955. The highest BCUT2D eigenvalue weighted by molar-refractivity contribution is 8.14. The summed E-state index contributed by atoms with van der Waals surface area (Å²) in [5.41, 5.74) is -0.259. The van der Waals surface area contributed by atoms with Crippen LogP contribution in [0.3, 0.4) is 0 Å². The van der Waals surface area contributed by atoms with Gasteiger partial charge in [0.15, 0.2) is 10.9 Å². The molecule has 2 aliphatic heterocycles. The largest absolute Gasteiger partial charge is 0.393 e. The number of aliphatic imine (C=N–C) groups is 1. The van der Waals surface area contributed by atoms with Crippen molar-refractivity contribution < 1.29 is 10.2 Å². The number of thioether (sulfide) groups is 1. The number of hydrogen-bond acceptors (Lipinski definition) is 5. The van der Waals surface area contributed by atoms with Gasteiger partial charge in [0.1, 0.15) is 0 Å². The van der Waals surface area contributed by atoms with Crippen molar-refractivity contribution in [2.24, 2.45) is 39.5 Å². The molecule has 0 bridgehead atoms. The highest BCUT2D eigenvalue weighted by Gasteiger charge is 2.73. The third kappa shape index (κ3) is 1.97. The van der Waals surface area contributed by atoms with Crippen molar-refractivity contribution in [2.75, 3.05) is 13.1 Å². The zero-order chi connectivity index (χ0) is 18.6. The third-order valence-corrected chi connectivity index (χ3v) is 11.6. The average molecular weight is 391 g/mol. The Labute approximate surface area is 167 Å². The summed E-state index contributed by atoms with van der Waals surface area (Å²) in [4.78, 5) is 6.95.